The maximum Gasteiger partial charge on any atom is 0.419 e. The standard InChI is InChI=1S/C28H27F4N5O3/c1-16-13-37-14-19(18-6-8-20(9-7-18)40-27(39)36-11-10-33-15-36)12-22(25(37)34-16)26(38)35-17(2)21-4-3-5-23(24(21)29)28(30,31)32/h3-6,10-12,14-17,20H,7-9,13H2,1-2H3,(H,35,38)/t16-,17-,20?/m1/s1. The minimum absolute atomic E-state index is 0.0764. The van der Waals surface area contributed by atoms with Gasteiger partial charge < -0.3 is 15.0 Å². The second-order valence-electron chi connectivity index (χ2n) is 9.98. The molecule has 3 aliphatic rings. The fraction of sp³-hybridized carbons (Fsp3) is 0.357. The Balaban J connectivity index is 1.33. The molecule has 0 saturated carbocycles. The van der Waals surface area contributed by atoms with E-state index in [9.17, 15) is 27.2 Å². The number of ether oxygens (including phenoxy) is 1. The molecule has 1 aromatic carbocycles. The molecule has 5 rings (SSSR count). The number of nitrogens with zero attached hydrogens (tertiary/aromatic N) is 4. The molecule has 0 saturated heterocycles. The van der Waals surface area contributed by atoms with E-state index in [1.165, 1.54) is 36.3 Å². The zero-order chi connectivity index (χ0) is 28.6. The molecule has 1 aromatic heterocycles. The van der Waals surface area contributed by atoms with Gasteiger partial charge in [0.25, 0.3) is 5.91 Å². The van der Waals surface area contributed by atoms with Crippen LogP contribution in [0, 0.1) is 5.82 Å². The summed E-state index contributed by atoms with van der Waals surface area (Å²) in [5, 5.41) is 2.64. The van der Waals surface area contributed by atoms with Gasteiger partial charge in [-0.15, -0.1) is 0 Å². The number of halogens is 4. The molecule has 1 unspecified atom stereocenters. The van der Waals surface area contributed by atoms with E-state index < -0.39 is 35.6 Å². The first-order chi connectivity index (χ1) is 19.0. The minimum atomic E-state index is -4.85. The smallest absolute Gasteiger partial charge is 0.419 e. The van der Waals surface area contributed by atoms with E-state index in [-0.39, 0.29) is 23.3 Å². The summed E-state index contributed by atoms with van der Waals surface area (Å²) < 4.78 is 61.1. The number of benzene rings is 1. The van der Waals surface area contributed by atoms with Crippen LogP contribution in [0.15, 0.2) is 77.0 Å². The molecule has 1 amide bonds. The third-order valence-corrected chi connectivity index (χ3v) is 7.02. The first kappa shape index (κ1) is 27.4. The van der Waals surface area contributed by atoms with E-state index in [1.807, 2.05) is 24.1 Å². The first-order valence-corrected chi connectivity index (χ1v) is 12.8. The van der Waals surface area contributed by atoms with Crippen molar-refractivity contribution >= 4 is 17.8 Å². The molecule has 0 bridgehead atoms. The van der Waals surface area contributed by atoms with Gasteiger partial charge in [-0.25, -0.2) is 18.7 Å². The first-order valence-electron chi connectivity index (χ1n) is 12.8. The average Bonchev–Trinajstić information content (AvgIpc) is 3.57. The van der Waals surface area contributed by atoms with E-state index >= 15 is 0 Å². The van der Waals surface area contributed by atoms with Gasteiger partial charge in [-0.05, 0) is 50.0 Å². The van der Waals surface area contributed by atoms with Gasteiger partial charge in [-0.3, -0.25) is 9.79 Å². The highest BCUT2D eigenvalue weighted by Crippen LogP contribution is 2.35. The summed E-state index contributed by atoms with van der Waals surface area (Å²) in [6.07, 6.45) is 5.96. The van der Waals surface area contributed by atoms with Gasteiger partial charge in [0.05, 0.1) is 23.2 Å². The van der Waals surface area contributed by atoms with Crippen LogP contribution >= 0.6 is 0 Å². The number of aliphatic imine (C=N–C) groups is 1. The summed E-state index contributed by atoms with van der Waals surface area (Å²) in [5.41, 5.74) is 0.355. The van der Waals surface area contributed by atoms with Crippen molar-refractivity contribution in [2.45, 2.75) is 57.5 Å². The molecule has 0 radical (unpaired) electrons. The van der Waals surface area contributed by atoms with Gasteiger partial charge in [-0.1, -0.05) is 18.2 Å². The molecule has 3 atom stereocenters. The van der Waals surface area contributed by atoms with Crippen molar-refractivity contribution in [3.8, 4) is 0 Å². The Morgan fingerprint density at radius 2 is 2.05 bits per heavy atom. The van der Waals surface area contributed by atoms with Crippen LogP contribution in [-0.4, -0.2) is 51.0 Å². The van der Waals surface area contributed by atoms with Crippen molar-refractivity contribution in [1.82, 2.24) is 19.8 Å². The number of nitrogens with one attached hydrogen (secondary N) is 1. The van der Waals surface area contributed by atoms with Crippen molar-refractivity contribution in [3.63, 3.8) is 0 Å². The normalized spacial score (nSPS) is 21.5. The van der Waals surface area contributed by atoms with Crippen LogP contribution in [0.25, 0.3) is 0 Å². The summed E-state index contributed by atoms with van der Waals surface area (Å²) >= 11 is 0. The zero-order valence-electron chi connectivity index (χ0n) is 21.8. The number of alkyl halides is 3. The van der Waals surface area contributed by atoms with E-state index in [2.05, 4.69) is 15.3 Å². The van der Waals surface area contributed by atoms with Gasteiger partial charge in [0.1, 0.15) is 24.1 Å². The Morgan fingerprint density at radius 3 is 2.73 bits per heavy atom. The number of carbonyl (C=O) groups is 2. The second-order valence-corrected chi connectivity index (χ2v) is 9.98. The lowest BCUT2D eigenvalue weighted by atomic mass is 9.89. The zero-order valence-corrected chi connectivity index (χ0v) is 21.8. The Bertz CT molecular complexity index is 1440. The van der Waals surface area contributed by atoms with Crippen LogP contribution < -0.4 is 5.32 Å². The number of hydrogen-bond acceptors (Lipinski definition) is 6. The number of rotatable bonds is 5. The number of amidine groups is 1. The molecule has 2 aliphatic heterocycles. The number of carbonyl (C=O) groups excluding carboxylic acids is 2. The summed E-state index contributed by atoms with van der Waals surface area (Å²) in [6, 6.07) is 1.90. The number of fused-ring (bicyclic) bond motifs is 1. The molecule has 0 spiro atoms. The van der Waals surface area contributed by atoms with E-state index in [0.717, 1.165) is 17.2 Å². The molecule has 40 heavy (non-hydrogen) atoms. The maximum absolute atomic E-state index is 14.7. The molecule has 1 aliphatic carbocycles. The molecule has 1 N–H and O–H groups in total. The lowest BCUT2D eigenvalue weighted by molar-refractivity contribution is -0.140. The predicted octanol–water partition coefficient (Wildman–Crippen LogP) is 5.31. The Hall–Kier alpha value is -4.22. The molecule has 8 nitrogen and oxygen atoms in total. The SMILES string of the molecule is C[C@@H]1CN2C=C(C3=CCC(OC(=O)n4ccnc4)CC3)C=C(C(=O)N[C@H](C)c3cccc(C(F)(F)F)c3F)C2=N1. The fourth-order valence-corrected chi connectivity index (χ4v) is 5.01. The van der Waals surface area contributed by atoms with Crippen molar-refractivity contribution in [3.05, 3.63) is 88.9 Å². The Morgan fingerprint density at radius 1 is 1.25 bits per heavy atom. The minimum Gasteiger partial charge on any atom is -0.445 e. The molecule has 12 heteroatoms. The number of imidazole rings is 1. The highest BCUT2D eigenvalue weighted by Gasteiger charge is 2.36. The van der Waals surface area contributed by atoms with Crippen LogP contribution in [-0.2, 0) is 15.7 Å². The maximum atomic E-state index is 14.7. The molecule has 2 aromatic rings. The monoisotopic (exact) mass is 557 g/mol. The summed E-state index contributed by atoms with van der Waals surface area (Å²) in [6.45, 7) is 3.90. The summed E-state index contributed by atoms with van der Waals surface area (Å²) in [7, 11) is 0. The van der Waals surface area contributed by atoms with Gasteiger partial charge in [0.2, 0.25) is 0 Å². The Labute approximate surface area is 227 Å². The molecular formula is C28H27F4N5O3. The van der Waals surface area contributed by atoms with Gasteiger partial charge in [-0.2, -0.15) is 13.2 Å². The number of allylic oxidation sites excluding steroid dienone is 3. The number of amides is 1. The summed E-state index contributed by atoms with van der Waals surface area (Å²) in [4.78, 5) is 35.9. The van der Waals surface area contributed by atoms with Crippen molar-refractivity contribution in [2.24, 2.45) is 4.99 Å². The fourth-order valence-electron chi connectivity index (χ4n) is 5.01. The summed E-state index contributed by atoms with van der Waals surface area (Å²) in [5.74, 6) is -1.53. The third-order valence-electron chi connectivity index (χ3n) is 7.02. The molecule has 210 valence electrons. The molecule has 0 fully saturated rings. The van der Waals surface area contributed by atoms with E-state index in [1.54, 1.807) is 6.08 Å². The third kappa shape index (κ3) is 5.56. The van der Waals surface area contributed by atoms with E-state index in [4.69, 9.17) is 4.74 Å². The second kappa shape index (κ2) is 10.7. The average molecular weight is 558 g/mol. The van der Waals surface area contributed by atoms with Crippen molar-refractivity contribution in [1.29, 1.82) is 0 Å². The van der Waals surface area contributed by atoms with Crippen LogP contribution in [0.3, 0.4) is 0 Å². The highest BCUT2D eigenvalue weighted by atomic mass is 19.4. The van der Waals surface area contributed by atoms with Crippen LogP contribution in [0.5, 0.6) is 0 Å². The molecule has 3 heterocycles. The van der Waals surface area contributed by atoms with Crippen molar-refractivity contribution in [2.75, 3.05) is 6.54 Å². The largest absolute Gasteiger partial charge is 0.445 e. The molecular weight excluding hydrogens is 530 g/mol. The van der Waals surface area contributed by atoms with Gasteiger partial charge in [0.15, 0.2) is 0 Å². The Kier molecular flexibility index (Phi) is 7.35. The highest BCUT2D eigenvalue weighted by molar-refractivity contribution is 6.22. The lowest BCUT2D eigenvalue weighted by Crippen LogP contribution is -2.37. The number of hydrogen-bond donors (Lipinski definition) is 1. The predicted molar refractivity (Wildman–Crippen MR) is 138 cm³/mol. The lowest BCUT2D eigenvalue weighted by Gasteiger charge is -2.28. The number of aromatic nitrogens is 2. The topological polar surface area (TPSA) is 88.8 Å². The van der Waals surface area contributed by atoms with Crippen LogP contribution in [0.4, 0.5) is 22.4 Å². The van der Waals surface area contributed by atoms with Crippen LogP contribution in [0.1, 0.15) is 50.3 Å². The van der Waals surface area contributed by atoms with Crippen LogP contribution in [0.2, 0.25) is 0 Å². The van der Waals surface area contributed by atoms with Crippen molar-refractivity contribution < 1.29 is 31.9 Å². The quantitative estimate of drug-likeness (QED) is 0.504. The van der Waals surface area contributed by atoms with Gasteiger partial charge in [0, 0.05) is 37.1 Å². The van der Waals surface area contributed by atoms with Gasteiger partial charge >= 0.3 is 12.3 Å². The van der Waals surface area contributed by atoms with E-state index in [0.29, 0.717) is 37.7 Å².